The first-order valence-corrected chi connectivity index (χ1v) is 9.08. The first-order chi connectivity index (χ1) is 14.4. The van der Waals surface area contributed by atoms with Crippen LogP contribution in [0, 0.1) is 0 Å². The molecular weight excluding hydrogens is 396 g/mol. The molecular formula is C20H24N2O8. The number of carbonyl (C=O) groups excluding carboxylic acids is 1. The van der Waals surface area contributed by atoms with E-state index in [1.165, 1.54) is 0 Å². The minimum absolute atomic E-state index is 0.0246. The lowest BCUT2D eigenvalue weighted by Gasteiger charge is -2.34. The molecule has 1 aromatic carbocycles. The maximum Gasteiger partial charge on any atom is 0.414 e. The number of aliphatic carboxylic acids is 2. The van der Waals surface area contributed by atoms with E-state index in [2.05, 4.69) is 4.90 Å². The predicted octanol–water partition coefficient (Wildman–Crippen LogP) is 1.41. The van der Waals surface area contributed by atoms with Gasteiger partial charge in [0.2, 0.25) is 0 Å². The summed E-state index contributed by atoms with van der Waals surface area (Å²) in [5.74, 6) is -1.67. The van der Waals surface area contributed by atoms with Crippen LogP contribution in [-0.4, -0.2) is 78.3 Å². The Morgan fingerprint density at radius 3 is 2.13 bits per heavy atom. The van der Waals surface area contributed by atoms with Gasteiger partial charge in [-0.05, 0) is 24.3 Å². The van der Waals surface area contributed by atoms with E-state index in [1.54, 1.807) is 32.6 Å². The molecule has 2 heterocycles. The number of piperazine rings is 1. The summed E-state index contributed by atoms with van der Waals surface area (Å²) in [6.07, 6.45) is 1.68. The van der Waals surface area contributed by atoms with E-state index in [0.717, 1.165) is 25.4 Å². The van der Waals surface area contributed by atoms with E-state index < -0.39 is 11.9 Å². The van der Waals surface area contributed by atoms with Gasteiger partial charge in [-0.2, -0.15) is 0 Å². The van der Waals surface area contributed by atoms with Gasteiger partial charge in [0.1, 0.15) is 5.76 Å². The quantitative estimate of drug-likeness (QED) is 0.690. The monoisotopic (exact) mass is 420 g/mol. The summed E-state index contributed by atoms with van der Waals surface area (Å²) in [7, 11) is 3.12. The Morgan fingerprint density at radius 2 is 1.63 bits per heavy atom. The Balaban J connectivity index is 0.000000469. The average Bonchev–Trinajstić information content (AvgIpc) is 3.26. The van der Waals surface area contributed by atoms with Crippen molar-refractivity contribution in [3.05, 3.63) is 47.9 Å². The molecule has 2 N–H and O–H groups in total. The zero-order valence-corrected chi connectivity index (χ0v) is 16.7. The molecule has 0 radical (unpaired) electrons. The lowest BCUT2D eigenvalue weighted by molar-refractivity contribution is -0.159. The SMILES string of the molecule is COc1cccc(C(=O)N2CCN(Cc3ccco3)CC2)c1OC.O=C(O)C(=O)O. The Morgan fingerprint density at radius 1 is 0.967 bits per heavy atom. The van der Waals surface area contributed by atoms with Gasteiger partial charge in [-0.25, -0.2) is 9.59 Å². The Hall–Kier alpha value is -3.53. The van der Waals surface area contributed by atoms with Gasteiger partial charge in [0.05, 0.1) is 32.6 Å². The number of ether oxygens (including phenoxy) is 2. The molecule has 30 heavy (non-hydrogen) atoms. The molecule has 10 heteroatoms. The highest BCUT2D eigenvalue weighted by Gasteiger charge is 2.25. The molecule has 1 saturated heterocycles. The van der Waals surface area contributed by atoms with E-state index in [9.17, 15) is 4.79 Å². The average molecular weight is 420 g/mol. The number of hydrogen-bond acceptors (Lipinski definition) is 7. The molecule has 1 aliphatic heterocycles. The van der Waals surface area contributed by atoms with E-state index in [1.807, 2.05) is 23.1 Å². The highest BCUT2D eigenvalue weighted by atomic mass is 16.5. The van der Waals surface area contributed by atoms with Crippen LogP contribution in [0.5, 0.6) is 11.5 Å². The Bertz CT molecular complexity index is 846. The molecule has 0 unspecified atom stereocenters. The van der Waals surface area contributed by atoms with Gasteiger partial charge in [-0.3, -0.25) is 9.69 Å². The van der Waals surface area contributed by atoms with Gasteiger partial charge >= 0.3 is 11.9 Å². The summed E-state index contributed by atoms with van der Waals surface area (Å²) in [6, 6.07) is 9.24. The van der Waals surface area contributed by atoms with Crippen LogP contribution in [0.3, 0.4) is 0 Å². The van der Waals surface area contributed by atoms with E-state index in [4.69, 9.17) is 33.7 Å². The molecule has 1 aliphatic rings. The number of benzene rings is 1. The molecule has 0 aliphatic carbocycles. The summed E-state index contributed by atoms with van der Waals surface area (Å²) >= 11 is 0. The first-order valence-electron chi connectivity index (χ1n) is 9.08. The van der Waals surface area contributed by atoms with Gasteiger partial charge in [-0.1, -0.05) is 6.07 Å². The number of methoxy groups -OCH3 is 2. The lowest BCUT2D eigenvalue weighted by atomic mass is 10.1. The standard InChI is InChI=1S/C18H22N2O4.C2H2O4/c1-22-16-7-3-6-15(17(16)23-2)18(21)20-10-8-19(9-11-20)13-14-5-4-12-24-14;3-1(4)2(5)6/h3-7,12H,8-11,13H2,1-2H3;(H,3,4)(H,5,6). The molecule has 1 fully saturated rings. The second-order valence-electron chi connectivity index (χ2n) is 6.30. The van der Waals surface area contributed by atoms with Crippen molar-refractivity contribution in [3.8, 4) is 11.5 Å². The summed E-state index contributed by atoms with van der Waals surface area (Å²) in [6.45, 7) is 3.77. The van der Waals surface area contributed by atoms with E-state index in [-0.39, 0.29) is 5.91 Å². The van der Waals surface area contributed by atoms with Crippen molar-refractivity contribution in [3.63, 3.8) is 0 Å². The molecule has 0 saturated carbocycles. The summed E-state index contributed by atoms with van der Waals surface area (Å²) in [5.41, 5.74) is 0.538. The highest BCUT2D eigenvalue weighted by molar-refractivity contribution is 6.27. The van der Waals surface area contributed by atoms with Crippen molar-refractivity contribution < 1.29 is 38.5 Å². The molecule has 1 amide bonds. The Kier molecular flexibility index (Phi) is 8.24. The van der Waals surface area contributed by atoms with Crippen LogP contribution < -0.4 is 9.47 Å². The van der Waals surface area contributed by atoms with Crippen molar-refractivity contribution >= 4 is 17.8 Å². The summed E-state index contributed by atoms with van der Waals surface area (Å²) < 4.78 is 16.0. The molecule has 0 bridgehead atoms. The minimum Gasteiger partial charge on any atom is -0.493 e. The van der Waals surface area contributed by atoms with Crippen LogP contribution in [0.15, 0.2) is 41.0 Å². The zero-order chi connectivity index (χ0) is 22.1. The molecule has 2 aromatic rings. The Labute approximate surface area is 173 Å². The van der Waals surface area contributed by atoms with Gasteiger partial charge in [0.15, 0.2) is 11.5 Å². The van der Waals surface area contributed by atoms with Crippen molar-refractivity contribution in [2.75, 3.05) is 40.4 Å². The fourth-order valence-electron chi connectivity index (χ4n) is 2.96. The summed E-state index contributed by atoms with van der Waals surface area (Å²) in [4.78, 5) is 35.2. The highest BCUT2D eigenvalue weighted by Crippen LogP contribution is 2.31. The van der Waals surface area contributed by atoms with Crippen molar-refractivity contribution in [1.82, 2.24) is 9.80 Å². The molecule has 10 nitrogen and oxygen atoms in total. The van der Waals surface area contributed by atoms with Gasteiger partial charge in [-0.15, -0.1) is 0 Å². The van der Waals surface area contributed by atoms with Crippen molar-refractivity contribution in [2.24, 2.45) is 0 Å². The minimum atomic E-state index is -1.82. The normalized spacial score (nSPS) is 13.7. The number of para-hydroxylation sites is 1. The first kappa shape index (κ1) is 22.8. The predicted molar refractivity (Wildman–Crippen MR) is 105 cm³/mol. The van der Waals surface area contributed by atoms with Gasteiger partial charge in [0, 0.05) is 26.2 Å². The van der Waals surface area contributed by atoms with Gasteiger partial charge in [0.25, 0.3) is 5.91 Å². The number of furan rings is 1. The number of carboxylic acids is 2. The number of carbonyl (C=O) groups is 3. The van der Waals surface area contributed by atoms with Crippen molar-refractivity contribution in [1.29, 1.82) is 0 Å². The third kappa shape index (κ3) is 5.98. The molecule has 3 rings (SSSR count). The van der Waals surface area contributed by atoms with E-state index in [0.29, 0.717) is 30.2 Å². The van der Waals surface area contributed by atoms with Crippen LogP contribution in [0.1, 0.15) is 16.1 Å². The molecule has 0 spiro atoms. The third-order valence-corrected chi connectivity index (χ3v) is 4.44. The number of amides is 1. The number of rotatable bonds is 5. The maximum atomic E-state index is 12.8. The second-order valence-corrected chi connectivity index (χ2v) is 6.30. The third-order valence-electron chi connectivity index (χ3n) is 4.44. The largest absolute Gasteiger partial charge is 0.493 e. The fraction of sp³-hybridized carbons (Fsp3) is 0.350. The van der Waals surface area contributed by atoms with Crippen LogP contribution in [0.25, 0.3) is 0 Å². The van der Waals surface area contributed by atoms with Crippen LogP contribution in [0.2, 0.25) is 0 Å². The lowest BCUT2D eigenvalue weighted by Crippen LogP contribution is -2.48. The smallest absolute Gasteiger partial charge is 0.414 e. The summed E-state index contributed by atoms with van der Waals surface area (Å²) in [5, 5.41) is 14.8. The second kappa shape index (κ2) is 10.9. The molecule has 1 aromatic heterocycles. The fourth-order valence-corrected chi connectivity index (χ4v) is 2.96. The van der Waals surface area contributed by atoms with E-state index >= 15 is 0 Å². The van der Waals surface area contributed by atoms with Crippen LogP contribution >= 0.6 is 0 Å². The topological polar surface area (TPSA) is 130 Å². The number of hydrogen-bond donors (Lipinski definition) is 2. The maximum absolute atomic E-state index is 12.8. The molecule has 0 atom stereocenters. The van der Waals surface area contributed by atoms with Crippen molar-refractivity contribution in [2.45, 2.75) is 6.54 Å². The number of nitrogens with zero attached hydrogens (tertiary/aromatic N) is 2. The van der Waals surface area contributed by atoms with Crippen LogP contribution in [-0.2, 0) is 16.1 Å². The molecule has 162 valence electrons. The van der Waals surface area contributed by atoms with Crippen LogP contribution in [0.4, 0.5) is 0 Å². The van der Waals surface area contributed by atoms with Gasteiger partial charge < -0.3 is 29.0 Å². The zero-order valence-electron chi connectivity index (χ0n) is 16.7. The number of carboxylic acid groups (broad SMARTS) is 2.